The van der Waals surface area contributed by atoms with Gasteiger partial charge in [-0.3, -0.25) is 0 Å². The summed E-state index contributed by atoms with van der Waals surface area (Å²) in [6.07, 6.45) is 0. The largest absolute Gasteiger partial charge is 0.415 e. The molecule has 1 rings (SSSR count). The number of hydrogen-bond donors (Lipinski definition) is 0. The molecule has 0 atom stereocenters. The molecule has 13 heavy (non-hydrogen) atoms. The number of hydrogen-bond acceptors (Lipinski definition) is 3. The van der Waals surface area contributed by atoms with Gasteiger partial charge in [0.05, 0.1) is 0 Å². The first-order chi connectivity index (χ1) is 6.13. The van der Waals surface area contributed by atoms with E-state index in [9.17, 15) is 8.78 Å². The molecule has 0 aromatic carbocycles. The van der Waals surface area contributed by atoms with E-state index >= 15 is 0 Å². The Labute approximate surface area is 81.1 Å². The molecule has 0 spiro atoms. The van der Waals surface area contributed by atoms with E-state index in [4.69, 9.17) is 5.26 Å². The second-order valence-corrected chi connectivity index (χ2v) is 2.79. The van der Waals surface area contributed by atoms with Crippen molar-refractivity contribution in [2.45, 2.75) is 6.61 Å². The fraction of sp³-hybridized carbons (Fsp3) is 0.143. The first-order valence-corrected chi connectivity index (χ1v) is 3.94. The number of rotatable bonds is 2. The third kappa shape index (κ3) is 2.63. The van der Waals surface area contributed by atoms with Crippen molar-refractivity contribution in [1.29, 1.82) is 5.26 Å². The summed E-state index contributed by atoms with van der Waals surface area (Å²) in [5, 5.41) is 8.49. The van der Waals surface area contributed by atoms with Crippen LogP contribution in [0, 0.1) is 11.3 Å². The standard InChI is InChI=1S/C7H3BrF2N2O/c8-5-2-1-4(3-11)6(12-5)13-7(9)10/h1-2,7H. The van der Waals surface area contributed by atoms with E-state index < -0.39 is 6.61 Å². The van der Waals surface area contributed by atoms with E-state index in [2.05, 4.69) is 25.7 Å². The first kappa shape index (κ1) is 9.86. The summed E-state index contributed by atoms with van der Waals surface area (Å²) in [4.78, 5) is 3.58. The maximum atomic E-state index is 11.8. The van der Waals surface area contributed by atoms with Crippen LogP contribution >= 0.6 is 15.9 Å². The Hall–Kier alpha value is -1.22. The van der Waals surface area contributed by atoms with Gasteiger partial charge in [0, 0.05) is 0 Å². The Bertz CT molecular complexity index is 351. The van der Waals surface area contributed by atoms with E-state index in [0.29, 0.717) is 4.60 Å². The molecule has 0 saturated heterocycles. The number of nitriles is 1. The van der Waals surface area contributed by atoms with Crippen LogP contribution in [0.2, 0.25) is 0 Å². The van der Waals surface area contributed by atoms with Gasteiger partial charge in [-0.05, 0) is 28.1 Å². The number of nitrogens with zero attached hydrogens (tertiary/aromatic N) is 2. The zero-order valence-electron chi connectivity index (χ0n) is 6.17. The summed E-state index contributed by atoms with van der Waals surface area (Å²) < 4.78 is 27.9. The molecule has 3 nitrogen and oxygen atoms in total. The van der Waals surface area contributed by atoms with Crippen molar-refractivity contribution in [1.82, 2.24) is 4.98 Å². The normalized spacial score (nSPS) is 9.77. The van der Waals surface area contributed by atoms with Crippen LogP contribution in [0.5, 0.6) is 5.88 Å². The lowest BCUT2D eigenvalue weighted by molar-refractivity contribution is -0.0531. The summed E-state index contributed by atoms with van der Waals surface area (Å²) in [6.45, 7) is -2.98. The van der Waals surface area contributed by atoms with Crippen LogP contribution in [0.3, 0.4) is 0 Å². The van der Waals surface area contributed by atoms with Gasteiger partial charge in [0.15, 0.2) is 0 Å². The highest BCUT2D eigenvalue weighted by atomic mass is 79.9. The van der Waals surface area contributed by atoms with Gasteiger partial charge in [-0.1, -0.05) is 0 Å². The van der Waals surface area contributed by atoms with Crippen LogP contribution in [0.4, 0.5) is 8.78 Å². The van der Waals surface area contributed by atoms with Gasteiger partial charge in [-0.25, -0.2) is 4.98 Å². The third-order valence-electron chi connectivity index (χ3n) is 1.15. The minimum absolute atomic E-state index is 0.0245. The fourth-order valence-electron chi connectivity index (χ4n) is 0.677. The topological polar surface area (TPSA) is 45.9 Å². The van der Waals surface area contributed by atoms with Crippen LogP contribution in [0.25, 0.3) is 0 Å². The summed E-state index contributed by atoms with van der Waals surface area (Å²) in [5.74, 6) is -0.369. The Morgan fingerprint density at radius 1 is 1.54 bits per heavy atom. The minimum atomic E-state index is -2.98. The molecular weight excluding hydrogens is 246 g/mol. The van der Waals surface area contributed by atoms with Gasteiger partial charge in [0.1, 0.15) is 16.2 Å². The van der Waals surface area contributed by atoms with Crippen LogP contribution in [-0.2, 0) is 0 Å². The predicted molar refractivity (Wildman–Crippen MR) is 43.3 cm³/mol. The van der Waals surface area contributed by atoms with E-state index in [1.165, 1.54) is 12.1 Å². The smallest absolute Gasteiger partial charge is 0.388 e. The highest BCUT2D eigenvalue weighted by Crippen LogP contribution is 2.19. The highest BCUT2D eigenvalue weighted by Gasteiger charge is 2.11. The summed E-state index contributed by atoms with van der Waals surface area (Å²) in [7, 11) is 0. The van der Waals surface area contributed by atoms with Crippen molar-refractivity contribution < 1.29 is 13.5 Å². The van der Waals surface area contributed by atoms with Crippen LogP contribution in [-0.4, -0.2) is 11.6 Å². The SMILES string of the molecule is N#Cc1ccc(Br)nc1OC(F)F. The molecule has 0 N–H and O–H groups in total. The van der Waals surface area contributed by atoms with Gasteiger partial charge in [-0.15, -0.1) is 0 Å². The third-order valence-corrected chi connectivity index (χ3v) is 1.59. The predicted octanol–water partition coefficient (Wildman–Crippen LogP) is 2.32. The molecular formula is C7H3BrF2N2O. The monoisotopic (exact) mass is 248 g/mol. The first-order valence-electron chi connectivity index (χ1n) is 3.15. The molecule has 0 bridgehead atoms. The summed E-state index contributed by atoms with van der Waals surface area (Å²) in [5.41, 5.74) is -0.0245. The van der Waals surface area contributed by atoms with Crippen LogP contribution in [0.15, 0.2) is 16.7 Å². The molecule has 0 aliphatic carbocycles. The van der Waals surface area contributed by atoms with E-state index in [-0.39, 0.29) is 11.4 Å². The van der Waals surface area contributed by atoms with E-state index in [1.54, 1.807) is 6.07 Å². The highest BCUT2D eigenvalue weighted by molar-refractivity contribution is 9.10. The van der Waals surface area contributed by atoms with Gasteiger partial charge in [-0.2, -0.15) is 14.0 Å². The molecule has 0 unspecified atom stereocenters. The minimum Gasteiger partial charge on any atom is -0.415 e. The van der Waals surface area contributed by atoms with Crippen molar-refractivity contribution in [3.63, 3.8) is 0 Å². The van der Waals surface area contributed by atoms with Gasteiger partial charge < -0.3 is 4.74 Å². The number of pyridine rings is 1. The lowest BCUT2D eigenvalue weighted by Crippen LogP contribution is -2.05. The van der Waals surface area contributed by atoms with Crippen LogP contribution < -0.4 is 4.74 Å². The van der Waals surface area contributed by atoms with E-state index in [1.807, 2.05) is 0 Å². The van der Waals surface area contributed by atoms with Gasteiger partial charge in [0.2, 0.25) is 5.88 Å². The fourth-order valence-corrected chi connectivity index (χ4v) is 0.970. The Kier molecular flexibility index (Phi) is 3.14. The van der Waals surface area contributed by atoms with Crippen molar-refractivity contribution in [3.05, 3.63) is 22.3 Å². The van der Waals surface area contributed by atoms with E-state index in [0.717, 1.165) is 0 Å². The Morgan fingerprint density at radius 2 is 2.23 bits per heavy atom. The number of alkyl halides is 2. The molecule has 0 radical (unpaired) electrons. The van der Waals surface area contributed by atoms with Crippen molar-refractivity contribution >= 4 is 15.9 Å². The molecule has 0 aliphatic heterocycles. The van der Waals surface area contributed by atoms with Crippen molar-refractivity contribution in [2.75, 3.05) is 0 Å². The quantitative estimate of drug-likeness (QED) is 0.755. The zero-order valence-corrected chi connectivity index (χ0v) is 7.75. The maximum Gasteiger partial charge on any atom is 0.388 e. The van der Waals surface area contributed by atoms with Crippen molar-refractivity contribution in [2.24, 2.45) is 0 Å². The number of halogens is 3. The molecule has 0 saturated carbocycles. The van der Waals surface area contributed by atoms with Crippen LogP contribution in [0.1, 0.15) is 5.56 Å². The second kappa shape index (κ2) is 4.14. The summed E-state index contributed by atoms with van der Waals surface area (Å²) >= 11 is 2.97. The second-order valence-electron chi connectivity index (χ2n) is 1.98. The van der Waals surface area contributed by atoms with Gasteiger partial charge in [0.25, 0.3) is 0 Å². The number of aromatic nitrogens is 1. The Morgan fingerprint density at radius 3 is 2.77 bits per heavy atom. The number of ether oxygens (including phenoxy) is 1. The molecule has 0 aliphatic rings. The molecule has 1 aromatic rings. The summed E-state index contributed by atoms with van der Waals surface area (Å²) in [6, 6.07) is 4.50. The Balaban J connectivity index is 3.03. The molecule has 1 aromatic heterocycles. The molecule has 68 valence electrons. The van der Waals surface area contributed by atoms with Gasteiger partial charge >= 0.3 is 6.61 Å². The molecule has 0 fully saturated rings. The van der Waals surface area contributed by atoms with Crippen molar-refractivity contribution in [3.8, 4) is 11.9 Å². The molecule has 0 amide bonds. The lowest BCUT2D eigenvalue weighted by Gasteiger charge is -2.04. The molecule has 6 heteroatoms. The average Bonchev–Trinajstić information content (AvgIpc) is 2.03. The lowest BCUT2D eigenvalue weighted by atomic mass is 10.3. The average molecular weight is 249 g/mol. The molecule has 1 heterocycles. The maximum absolute atomic E-state index is 11.8. The zero-order chi connectivity index (χ0) is 9.84.